The number of ether oxygens (including phenoxy) is 1. The van der Waals surface area contributed by atoms with Gasteiger partial charge in [0, 0.05) is 44.0 Å². The van der Waals surface area contributed by atoms with Crippen molar-refractivity contribution in [3.8, 4) is 11.5 Å². The molecule has 0 unspecified atom stereocenters. The summed E-state index contributed by atoms with van der Waals surface area (Å²) in [7, 11) is -8.02. The molecule has 1 atom stereocenters. The van der Waals surface area contributed by atoms with Gasteiger partial charge in [0.2, 0.25) is 10.0 Å². The fourth-order valence-electron chi connectivity index (χ4n) is 6.10. The minimum Gasteiger partial charge on any atom is -0.508 e. The van der Waals surface area contributed by atoms with E-state index in [-0.39, 0.29) is 29.8 Å². The number of thioether (sulfide) groups is 1. The monoisotopic (exact) mass is 734 g/mol. The normalized spacial score (nSPS) is 16.1. The van der Waals surface area contributed by atoms with Gasteiger partial charge in [-0.2, -0.15) is 8.42 Å². The van der Waals surface area contributed by atoms with E-state index in [0.717, 1.165) is 54.7 Å². The molecule has 0 saturated carbocycles. The van der Waals surface area contributed by atoms with Crippen LogP contribution in [0.1, 0.15) is 64.0 Å². The summed E-state index contributed by atoms with van der Waals surface area (Å²) in [6.07, 6.45) is 7.15. The quantitative estimate of drug-likeness (QED) is 0.0572. The van der Waals surface area contributed by atoms with E-state index < -0.39 is 31.4 Å². The van der Waals surface area contributed by atoms with Crippen LogP contribution in [0.5, 0.6) is 11.5 Å². The fraction of sp³-hybridized carbons (Fsp3) is 0.486. The molecule has 1 aliphatic rings. The molecule has 0 spiro atoms. The molecular weight excluding hydrogens is 685 g/mol. The van der Waals surface area contributed by atoms with Crippen LogP contribution >= 0.6 is 11.8 Å². The van der Waals surface area contributed by atoms with Crippen LogP contribution in [0.4, 0.5) is 11.4 Å². The lowest BCUT2D eigenvalue weighted by Gasteiger charge is -2.37. The second-order valence-corrected chi connectivity index (χ2v) is 16.5. The molecule has 5 N–H and O–H groups in total. The number of rotatable bonds is 19. The van der Waals surface area contributed by atoms with Crippen LogP contribution in [0.15, 0.2) is 76.5 Å². The van der Waals surface area contributed by atoms with E-state index in [0.29, 0.717) is 31.1 Å². The number of fused-ring (bicyclic) bond motifs is 1. The number of phenols is 1. The number of benzene rings is 3. The van der Waals surface area contributed by atoms with Crippen LogP contribution in [0.2, 0.25) is 0 Å². The molecule has 0 saturated heterocycles. The summed E-state index contributed by atoms with van der Waals surface area (Å²) < 4.78 is 69.3. The van der Waals surface area contributed by atoms with E-state index in [9.17, 15) is 21.9 Å². The Balaban J connectivity index is 1.60. The first kappa shape index (κ1) is 38.9. The topological polar surface area (TPSA) is 157 Å². The molecule has 11 nitrogen and oxygen atoms in total. The molecule has 3 aromatic carbocycles. The molecular formula is C35H50N4O7S3. The van der Waals surface area contributed by atoms with Crippen LogP contribution < -0.4 is 25.0 Å². The van der Waals surface area contributed by atoms with Gasteiger partial charge in [-0.05, 0) is 55.0 Å². The third-order valence-corrected chi connectivity index (χ3v) is 11.7. The van der Waals surface area contributed by atoms with Gasteiger partial charge in [-0.1, -0.05) is 69.9 Å². The van der Waals surface area contributed by atoms with Crippen LogP contribution in [0.3, 0.4) is 0 Å². The zero-order valence-corrected chi connectivity index (χ0v) is 31.0. The second kappa shape index (κ2) is 17.9. The van der Waals surface area contributed by atoms with Crippen molar-refractivity contribution >= 4 is 43.3 Å². The Morgan fingerprint density at radius 1 is 1.02 bits per heavy atom. The third kappa shape index (κ3) is 11.1. The molecule has 270 valence electrons. The summed E-state index contributed by atoms with van der Waals surface area (Å²) in [5.41, 5.74) is 1.77. The summed E-state index contributed by atoms with van der Waals surface area (Å²) in [5.74, 6) is 0.182. The summed E-state index contributed by atoms with van der Waals surface area (Å²) in [5, 5.41) is 16.2. The van der Waals surface area contributed by atoms with Crippen molar-refractivity contribution in [2.75, 3.05) is 49.7 Å². The number of nitrogens with one attached hydrogen (secondary N) is 3. The molecule has 0 radical (unpaired) electrons. The summed E-state index contributed by atoms with van der Waals surface area (Å²) in [6.45, 7) is 5.79. The number of anilines is 2. The Labute approximate surface area is 296 Å². The van der Waals surface area contributed by atoms with E-state index in [1.54, 1.807) is 30.3 Å². The predicted molar refractivity (Wildman–Crippen MR) is 197 cm³/mol. The molecule has 0 fully saturated rings. The van der Waals surface area contributed by atoms with Gasteiger partial charge in [0.15, 0.2) is 0 Å². The van der Waals surface area contributed by atoms with E-state index in [1.807, 2.05) is 42.7 Å². The number of hydrogen-bond acceptors (Lipinski definition) is 10. The lowest BCUT2D eigenvalue weighted by molar-refractivity contribution is 0.297. The summed E-state index contributed by atoms with van der Waals surface area (Å²) >= 11 is 1.49. The van der Waals surface area contributed by atoms with Gasteiger partial charge in [-0.15, -0.1) is 11.8 Å². The Kier molecular flexibility index (Phi) is 14.2. The molecule has 0 amide bonds. The molecule has 0 aromatic heterocycles. The van der Waals surface area contributed by atoms with Gasteiger partial charge >= 0.3 is 0 Å². The standard InChI is InChI=1S/C35H50N4O7S3/c1-4-6-17-35(18-7-5-2)26-39(28-11-9-8-10-12-28)31-23-33(47-3)32(24-34(31)49(44,45)38-35)46-21-19-37-30(25-36-20-22-48(41,42)43)27-13-15-29(40)16-14-27/h8-16,23-24,30,36-38,40H,4-7,17-22,25-26H2,1-3H3,(H,41,42,43)/t30-/m0/s1. The first-order valence-corrected chi connectivity index (χ1v) is 21.1. The minimum atomic E-state index is -4.09. The van der Waals surface area contributed by atoms with Crippen LogP contribution in [0.25, 0.3) is 0 Å². The molecule has 14 heteroatoms. The lowest BCUT2D eigenvalue weighted by Crippen LogP contribution is -2.53. The average Bonchev–Trinajstić information content (AvgIpc) is 3.17. The maximum atomic E-state index is 14.3. The molecule has 3 aromatic rings. The first-order chi connectivity index (χ1) is 23.4. The highest BCUT2D eigenvalue weighted by atomic mass is 32.2. The van der Waals surface area contributed by atoms with Crippen molar-refractivity contribution in [3.05, 3.63) is 72.3 Å². The van der Waals surface area contributed by atoms with Crippen LogP contribution in [-0.4, -0.2) is 76.8 Å². The highest BCUT2D eigenvalue weighted by Crippen LogP contribution is 2.44. The van der Waals surface area contributed by atoms with E-state index in [4.69, 9.17) is 9.29 Å². The van der Waals surface area contributed by atoms with Crippen molar-refractivity contribution < 1.29 is 31.2 Å². The molecule has 49 heavy (non-hydrogen) atoms. The SMILES string of the molecule is CCCCC1(CCCC)CN(c2ccccc2)c2cc(SC)c(OCCN[C@@H](CNCCS(=O)(=O)O)c3ccc(O)cc3)cc2S(=O)(=O)N1. The Morgan fingerprint density at radius 3 is 2.31 bits per heavy atom. The Morgan fingerprint density at radius 2 is 1.69 bits per heavy atom. The van der Waals surface area contributed by atoms with Gasteiger partial charge in [0.1, 0.15) is 23.0 Å². The molecule has 1 aliphatic heterocycles. The van der Waals surface area contributed by atoms with Crippen molar-refractivity contribution in [3.63, 3.8) is 0 Å². The molecule has 4 rings (SSSR count). The maximum absolute atomic E-state index is 14.3. The van der Waals surface area contributed by atoms with Crippen LogP contribution in [-0.2, 0) is 20.1 Å². The van der Waals surface area contributed by atoms with Crippen LogP contribution in [0, 0.1) is 0 Å². The van der Waals surface area contributed by atoms with Gasteiger partial charge in [-0.3, -0.25) is 4.55 Å². The summed E-state index contributed by atoms with van der Waals surface area (Å²) in [4.78, 5) is 3.13. The molecule has 0 aliphatic carbocycles. The molecule has 1 heterocycles. The van der Waals surface area contributed by atoms with Gasteiger partial charge in [-0.25, -0.2) is 13.1 Å². The maximum Gasteiger partial charge on any atom is 0.266 e. The van der Waals surface area contributed by atoms with Gasteiger partial charge in [0.25, 0.3) is 10.1 Å². The third-order valence-electron chi connectivity index (χ3n) is 8.65. The predicted octanol–water partition coefficient (Wildman–Crippen LogP) is 5.85. The van der Waals surface area contributed by atoms with Gasteiger partial charge < -0.3 is 25.4 Å². The number of hydrogen-bond donors (Lipinski definition) is 5. The lowest BCUT2D eigenvalue weighted by atomic mass is 9.87. The molecule has 0 bridgehead atoms. The largest absolute Gasteiger partial charge is 0.508 e. The Hall–Kier alpha value is -2.85. The van der Waals surface area contributed by atoms with E-state index in [1.165, 1.54) is 11.8 Å². The average molecular weight is 735 g/mol. The number of unbranched alkanes of at least 4 members (excludes halogenated alkanes) is 2. The van der Waals surface area contributed by atoms with Crippen molar-refractivity contribution in [2.45, 2.75) is 73.7 Å². The number of para-hydroxylation sites is 1. The zero-order chi connectivity index (χ0) is 35.5. The van der Waals surface area contributed by atoms with Crippen molar-refractivity contribution in [1.29, 1.82) is 0 Å². The Bertz CT molecular complexity index is 1700. The smallest absolute Gasteiger partial charge is 0.266 e. The van der Waals surface area contributed by atoms with Crippen molar-refractivity contribution in [2.24, 2.45) is 0 Å². The number of nitrogens with zero attached hydrogens (tertiary/aromatic N) is 1. The fourth-order valence-corrected chi connectivity index (χ4v) is 8.71. The van der Waals surface area contributed by atoms with E-state index in [2.05, 4.69) is 34.1 Å². The highest BCUT2D eigenvalue weighted by molar-refractivity contribution is 7.98. The summed E-state index contributed by atoms with van der Waals surface area (Å²) in [6, 6.07) is 19.9. The zero-order valence-electron chi connectivity index (χ0n) is 28.5. The highest BCUT2D eigenvalue weighted by Gasteiger charge is 2.42. The number of sulfonamides is 1. The second-order valence-electron chi connectivity index (χ2n) is 12.4. The van der Waals surface area contributed by atoms with Gasteiger partial charge in [0.05, 0.1) is 21.9 Å². The first-order valence-electron chi connectivity index (χ1n) is 16.8. The number of aromatic hydroxyl groups is 1. The minimum absolute atomic E-state index is 0.0679. The van der Waals surface area contributed by atoms with Crippen molar-refractivity contribution in [1.82, 2.24) is 15.4 Å². The number of phenolic OH excluding ortho intramolecular Hbond substituents is 1. The van der Waals surface area contributed by atoms with E-state index >= 15 is 0 Å².